The number of nitrogens with zero attached hydrogens (tertiary/aromatic N) is 2. The van der Waals surface area contributed by atoms with Crippen LogP contribution < -0.4 is 4.90 Å². The van der Waals surface area contributed by atoms with Gasteiger partial charge in [0.1, 0.15) is 0 Å². The molecular weight excluding hydrogens is 665 g/mol. The lowest BCUT2D eigenvalue weighted by Gasteiger charge is -2.29. The van der Waals surface area contributed by atoms with E-state index in [1.165, 1.54) is 88.1 Å². The molecule has 0 saturated carbocycles. The molecule has 0 amide bonds. The third kappa shape index (κ3) is 4.81. The number of aromatic nitrogens is 1. The van der Waals surface area contributed by atoms with Crippen molar-refractivity contribution in [3.05, 3.63) is 205 Å². The molecule has 0 spiro atoms. The molecule has 1 heterocycles. The van der Waals surface area contributed by atoms with E-state index < -0.39 is 0 Å². The summed E-state index contributed by atoms with van der Waals surface area (Å²) in [4.78, 5) is 2.43. The lowest BCUT2D eigenvalue weighted by atomic mass is 9.82. The summed E-state index contributed by atoms with van der Waals surface area (Å²) in [6, 6.07) is 71.3. The van der Waals surface area contributed by atoms with Crippen molar-refractivity contribution in [1.82, 2.24) is 4.57 Å². The third-order valence-electron chi connectivity index (χ3n) is 12.0. The van der Waals surface area contributed by atoms with Gasteiger partial charge in [-0.3, -0.25) is 0 Å². The molecule has 9 aromatic carbocycles. The number of benzene rings is 9. The number of anilines is 3. The molecule has 260 valence electrons. The van der Waals surface area contributed by atoms with Crippen molar-refractivity contribution in [1.29, 1.82) is 0 Å². The molecule has 0 N–H and O–H groups in total. The largest absolute Gasteiger partial charge is 0.310 e. The molecule has 10 aromatic rings. The minimum absolute atomic E-state index is 0.219. The average molecular weight is 703 g/mol. The van der Waals surface area contributed by atoms with Gasteiger partial charge in [-0.05, 0) is 104 Å². The highest BCUT2D eigenvalue weighted by Gasteiger charge is 2.36. The van der Waals surface area contributed by atoms with Gasteiger partial charge < -0.3 is 9.47 Å². The summed E-state index contributed by atoms with van der Waals surface area (Å²) in [5, 5.41) is 7.61. The summed E-state index contributed by atoms with van der Waals surface area (Å²) in [7, 11) is 0. The minimum atomic E-state index is -0.219. The Hall–Kier alpha value is -6.90. The Bertz CT molecular complexity index is 3110. The Labute approximate surface area is 321 Å². The first-order valence-corrected chi connectivity index (χ1v) is 19.2. The van der Waals surface area contributed by atoms with E-state index in [2.05, 4.69) is 217 Å². The Morgan fingerprint density at radius 3 is 1.82 bits per heavy atom. The van der Waals surface area contributed by atoms with Crippen LogP contribution in [0.3, 0.4) is 0 Å². The Kier molecular flexibility index (Phi) is 6.93. The number of para-hydroxylation sites is 1. The maximum Gasteiger partial charge on any atom is 0.0547 e. The summed E-state index contributed by atoms with van der Waals surface area (Å²) in [6.07, 6.45) is 0. The molecule has 0 bridgehead atoms. The molecule has 1 aromatic heterocycles. The van der Waals surface area contributed by atoms with E-state index in [1.807, 2.05) is 0 Å². The van der Waals surface area contributed by atoms with Gasteiger partial charge in [0.05, 0.1) is 16.7 Å². The molecule has 0 radical (unpaired) electrons. The normalized spacial score (nSPS) is 13.1. The second kappa shape index (κ2) is 12.1. The molecule has 55 heavy (non-hydrogen) atoms. The van der Waals surface area contributed by atoms with Gasteiger partial charge in [-0.1, -0.05) is 153 Å². The van der Waals surface area contributed by atoms with E-state index in [0.717, 1.165) is 11.4 Å². The van der Waals surface area contributed by atoms with Crippen LogP contribution in [0.4, 0.5) is 17.1 Å². The highest BCUT2D eigenvalue weighted by molar-refractivity contribution is 6.21. The number of fused-ring (bicyclic) bond motifs is 9. The van der Waals surface area contributed by atoms with Gasteiger partial charge in [0.25, 0.3) is 0 Å². The fraction of sp³-hybridized carbons (Fsp3) is 0.0566. The Morgan fingerprint density at radius 2 is 1.02 bits per heavy atom. The molecule has 0 fully saturated rings. The summed E-state index contributed by atoms with van der Waals surface area (Å²) in [6.45, 7) is 4.78. The zero-order chi connectivity index (χ0) is 36.7. The zero-order valence-electron chi connectivity index (χ0n) is 30.9. The lowest BCUT2D eigenvalue weighted by Crippen LogP contribution is -2.17. The second-order valence-corrected chi connectivity index (χ2v) is 15.4. The summed E-state index contributed by atoms with van der Waals surface area (Å²) < 4.78 is 2.46. The van der Waals surface area contributed by atoms with Gasteiger partial charge in [-0.2, -0.15) is 0 Å². The van der Waals surface area contributed by atoms with Crippen molar-refractivity contribution in [2.24, 2.45) is 0 Å². The van der Waals surface area contributed by atoms with Crippen molar-refractivity contribution in [3.8, 4) is 27.9 Å². The SMILES string of the molecule is CC1(C)c2cc(N(c3ccc(-c4ccccc4)cc3)c3cccc4ccccc34)ccc2-c2ccc(-n3c4ccccc4c4c5ccccc5ccc43)cc21. The predicted molar refractivity (Wildman–Crippen MR) is 233 cm³/mol. The molecule has 0 atom stereocenters. The van der Waals surface area contributed by atoms with Crippen LogP contribution in [0.2, 0.25) is 0 Å². The molecule has 0 unspecified atom stereocenters. The van der Waals surface area contributed by atoms with Crippen LogP contribution in [0.5, 0.6) is 0 Å². The first-order valence-electron chi connectivity index (χ1n) is 19.2. The maximum absolute atomic E-state index is 2.46. The van der Waals surface area contributed by atoms with Crippen LogP contribution in [0.25, 0.3) is 71.3 Å². The number of rotatable bonds is 5. The van der Waals surface area contributed by atoms with Gasteiger partial charge in [0.2, 0.25) is 0 Å². The van der Waals surface area contributed by atoms with Crippen LogP contribution >= 0.6 is 0 Å². The summed E-state index contributed by atoms with van der Waals surface area (Å²) in [5.41, 5.74) is 14.6. The Morgan fingerprint density at radius 1 is 0.418 bits per heavy atom. The van der Waals surface area contributed by atoms with Gasteiger partial charge in [0, 0.05) is 38.6 Å². The second-order valence-electron chi connectivity index (χ2n) is 15.4. The van der Waals surface area contributed by atoms with E-state index in [4.69, 9.17) is 0 Å². The molecule has 11 rings (SSSR count). The predicted octanol–water partition coefficient (Wildman–Crippen LogP) is 14.5. The fourth-order valence-electron chi connectivity index (χ4n) is 9.27. The van der Waals surface area contributed by atoms with Gasteiger partial charge in [-0.25, -0.2) is 0 Å². The Balaban J connectivity index is 1.06. The van der Waals surface area contributed by atoms with Crippen molar-refractivity contribution in [3.63, 3.8) is 0 Å². The first kappa shape index (κ1) is 31.6. The van der Waals surface area contributed by atoms with E-state index in [9.17, 15) is 0 Å². The van der Waals surface area contributed by atoms with Crippen LogP contribution in [0.15, 0.2) is 194 Å². The topological polar surface area (TPSA) is 8.17 Å². The van der Waals surface area contributed by atoms with Crippen molar-refractivity contribution in [2.45, 2.75) is 19.3 Å². The van der Waals surface area contributed by atoms with E-state index in [0.29, 0.717) is 0 Å². The van der Waals surface area contributed by atoms with Crippen LogP contribution in [-0.2, 0) is 5.41 Å². The van der Waals surface area contributed by atoms with Gasteiger partial charge in [0.15, 0.2) is 0 Å². The average Bonchev–Trinajstić information content (AvgIpc) is 3.70. The van der Waals surface area contributed by atoms with E-state index in [-0.39, 0.29) is 5.41 Å². The fourth-order valence-corrected chi connectivity index (χ4v) is 9.27. The smallest absolute Gasteiger partial charge is 0.0547 e. The molecule has 0 saturated heterocycles. The van der Waals surface area contributed by atoms with Gasteiger partial charge in [-0.15, -0.1) is 0 Å². The van der Waals surface area contributed by atoms with Crippen LogP contribution in [-0.4, -0.2) is 4.57 Å². The molecule has 0 aliphatic heterocycles. The first-order chi connectivity index (χ1) is 27.0. The molecule has 2 heteroatoms. The molecule has 1 aliphatic rings. The lowest BCUT2D eigenvalue weighted by molar-refractivity contribution is 0.660. The third-order valence-corrected chi connectivity index (χ3v) is 12.0. The quantitative estimate of drug-likeness (QED) is 0.173. The summed E-state index contributed by atoms with van der Waals surface area (Å²) in [5.74, 6) is 0. The van der Waals surface area contributed by atoms with Crippen molar-refractivity contribution >= 4 is 60.4 Å². The van der Waals surface area contributed by atoms with E-state index >= 15 is 0 Å². The highest BCUT2D eigenvalue weighted by Crippen LogP contribution is 2.52. The minimum Gasteiger partial charge on any atom is -0.310 e. The zero-order valence-corrected chi connectivity index (χ0v) is 30.9. The number of hydrogen-bond donors (Lipinski definition) is 0. The number of hydrogen-bond acceptors (Lipinski definition) is 1. The van der Waals surface area contributed by atoms with Crippen molar-refractivity contribution in [2.75, 3.05) is 4.90 Å². The molecular formula is C53H38N2. The molecule has 1 aliphatic carbocycles. The van der Waals surface area contributed by atoms with Crippen LogP contribution in [0, 0.1) is 0 Å². The van der Waals surface area contributed by atoms with Crippen LogP contribution in [0.1, 0.15) is 25.0 Å². The summed E-state index contributed by atoms with van der Waals surface area (Å²) >= 11 is 0. The molecule has 2 nitrogen and oxygen atoms in total. The maximum atomic E-state index is 2.46. The van der Waals surface area contributed by atoms with E-state index in [1.54, 1.807) is 0 Å². The van der Waals surface area contributed by atoms with Crippen molar-refractivity contribution < 1.29 is 0 Å². The monoisotopic (exact) mass is 702 g/mol. The highest BCUT2D eigenvalue weighted by atomic mass is 15.1. The standard InChI is InChI=1S/C53H38N2/c1-53(2)47-33-40(54(49-22-12-17-37-15-6-8-18-42(37)49)39-26-23-36(24-27-39)35-13-4-3-5-14-35)28-30-44(47)45-31-29-41(34-48(45)53)55-50-21-11-10-20-46(50)52-43-19-9-7-16-38(43)25-32-51(52)55/h3-34H,1-2H3. The van der Waals surface area contributed by atoms with Gasteiger partial charge >= 0.3 is 0 Å².